The van der Waals surface area contributed by atoms with Gasteiger partial charge in [0.25, 0.3) is 0 Å². The number of guanidine groups is 1. The summed E-state index contributed by atoms with van der Waals surface area (Å²) >= 11 is 1.78. The average molecular weight is 315 g/mol. The van der Waals surface area contributed by atoms with Crippen LogP contribution in [0.5, 0.6) is 0 Å². The van der Waals surface area contributed by atoms with E-state index in [9.17, 15) is 0 Å². The molecule has 0 aliphatic carbocycles. The molecule has 1 unspecified atom stereocenters. The zero-order valence-corrected chi connectivity index (χ0v) is 14.4. The molecule has 3 nitrogen and oxygen atoms in total. The third kappa shape index (κ3) is 5.19. The molecular formula is C18H25N3S. The van der Waals surface area contributed by atoms with Crippen LogP contribution in [0.25, 0.3) is 0 Å². The van der Waals surface area contributed by atoms with Gasteiger partial charge in [-0.25, -0.2) is 0 Å². The smallest absolute Gasteiger partial charge is 0.191 e. The molecule has 2 N–H and O–H groups in total. The maximum atomic E-state index is 4.31. The third-order valence-electron chi connectivity index (χ3n) is 3.70. The predicted octanol–water partition coefficient (Wildman–Crippen LogP) is 3.74. The molecule has 4 heteroatoms. The van der Waals surface area contributed by atoms with Crippen LogP contribution >= 0.6 is 11.3 Å². The van der Waals surface area contributed by atoms with E-state index in [-0.39, 0.29) is 0 Å². The van der Waals surface area contributed by atoms with Crippen molar-refractivity contribution in [3.63, 3.8) is 0 Å². The molecule has 0 saturated heterocycles. The van der Waals surface area contributed by atoms with Crippen molar-refractivity contribution in [1.29, 1.82) is 0 Å². The van der Waals surface area contributed by atoms with Gasteiger partial charge in [0.2, 0.25) is 0 Å². The Hall–Kier alpha value is -1.81. The molecule has 0 fully saturated rings. The monoisotopic (exact) mass is 315 g/mol. The van der Waals surface area contributed by atoms with Gasteiger partial charge in [0.1, 0.15) is 0 Å². The highest BCUT2D eigenvalue weighted by Crippen LogP contribution is 2.14. The van der Waals surface area contributed by atoms with Gasteiger partial charge in [0.05, 0.1) is 6.54 Å². The van der Waals surface area contributed by atoms with Crippen LogP contribution in [0.15, 0.2) is 46.8 Å². The Balaban J connectivity index is 1.76. The number of hydrogen-bond acceptors (Lipinski definition) is 2. The van der Waals surface area contributed by atoms with Gasteiger partial charge >= 0.3 is 0 Å². The summed E-state index contributed by atoms with van der Waals surface area (Å²) in [5, 5.41) is 8.98. The molecule has 0 saturated carbocycles. The topological polar surface area (TPSA) is 36.4 Å². The molecule has 2 rings (SSSR count). The summed E-state index contributed by atoms with van der Waals surface area (Å²) in [5.41, 5.74) is 2.72. The summed E-state index contributed by atoms with van der Waals surface area (Å²) in [6, 6.07) is 13.1. The fourth-order valence-electron chi connectivity index (χ4n) is 2.28. The molecule has 1 aromatic heterocycles. The predicted molar refractivity (Wildman–Crippen MR) is 96.6 cm³/mol. The van der Waals surface area contributed by atoms with E-state index in [1.807, 2.05) is 7.05 Å². The Bertz CT molecular complexity index is 589. The molecule has 0 spiro atoms. The highest BCUT2D eigenvalue weighted by atomic mass is 32.1. The Morgan fingerprint density at radius 3 is 2.64 bits per heavy atom. The molecule has 0 aliphatic heterocycles. The minimum absolute atomic E-state index is 0.385. The number of aliphatic imine (C=N–C) groups is 1. The van der Waals surface area contributed by atoms with Crippen molar-refractivity contribution >= 4 is 17.3 Å². The van der Waals surface area contributed by atoms with Crippen LogP contribution in [0.2, 0.25) is 0 Å². The zero-order chi connectivity index (χ0) is 15.8. The van der Waals surface area contributed by atoms with Crippen molar-refractivity contribution in [2.24, 2.45) is 4.99 Å². The van der Waals surface area contributed by atoms with Crippen molar-refractivity contribution in [2.75, 3.05) is 7.05 Å². The van der Waals surface area contributed by atoms with Gasteiger partial charge in [-0.3, -0.25) is 4.99 Å². The second-order valence-electron chi connectivity index (χ2n) is 5.52. The fourth-order valence-corrected chi connectivity index (χ4v) is 3.12. The van der Waals surface area contributed by atoms with E-state index in [0.717, 1.165) is 25.3 Å². The van der Waals surface area contributed by atoms with E-state index in [2.05, 4.69) is 71.3 Å². The molecule has 2 aromatic rings. The standard InChI is InChI=1S/C18H25N3S/c1-14-11-12-22-17(14)13-20-18(19-3)21-15(2)9-10-16-7-5-4-6-8-16/h4-8,11-12,15H,9-10,13H2,1-3H3,(H2,19,20,21). The maximum absolute atomic E-state index is 4.31. The number of rotatable bonds is 6. The lowest BCUT2D eigenvalue weighted by atomic mass is 10.1. The van der Waals surface area contributed by atoms with Crippen molar-refractivity contribution in [1.82, 2.24) is 10.6 Å². The van der Waals surface area contributed by atoms with E-state index in [0.29, 0.717) is 6.04 Å². The number of nitrogens with zero attached hydrogens (tertiary/aromatic N) is 1. The number of nitrogens with one attached hydrogen (secondary N) is 2. The maximum Gasteiger partial charge on any atom is 0.191 e. The molecule has 22 heavy (non-hydrogen) atoms. The van der Waals surface area contributed by atoms with Crippen LogP contribution in [0, 0.1) is 6.92 Å². The second kappa shape index (κ2) is 8.59. The highest BCUT2D eigenvalue weighted by Gasteiger charge is 2.06. The summed E-state index contributed by atoms with van der Waals surface area (Å²) < 4.78 is 0. The van der Waals surface area contributed by atoms with E-state index in [1.54, 1.807) is 11.3 Å². The van der Waals surface area contributed by atoms with Gasteiger partial charge in [-0.15, -0.1) is 11.3 Å². The van der Waals surface area contributed by atoms with Crippen LogP contribution in [0.1, 0.15) is 29.3 Å². The van der Waals surface area contributed by atoms with Gasteiger partial charge in [0, 0.05) is 18.0 Å². The van der Waals surface area contributed by atoms with Crippen LogP contribution in [0.3, 0.4) is 0 Å². The lowest BCUT2D eigenvalue weighted by Crippen LogP contribution is -2.42. The average Bonchev–Trinajstić information content (AvgIpc) is 2.95. The van der Waals surface area contributed by atoms with Gasteiger partial charge in [-0.1, -0.05) is 30.3 Å². The zero-order valence-electron chi connectivity index (χ0n) is 13.6. The fraction of sp³-hybridized carbons (Fsp3) is 0.389. The lowest BCUT2D eigenvalue weighted by Gasteiger charge is -2.18. The summed E-state index contributed by atoms with van der Waals surface area (Å²) in [5.74, 6) is 0.869. The minimum Gasteiger partial charge on any atom is -0.354 e. The second-order valence-corrected chi connectivity index (χ2v) is 6.52. The molecule has 0 radical (unpaired) electrons. The van der Waals surface area contributed by atoms with Crippen LogP contribution in [-0.2, 0) is 13.0 Å². The summed E-state index contributed by atoms with van der Waals surface area (Å²) in [7, 11) is 1.82. The summed E-state index contributed by atoms with van der Waals surface area (Å²) in [6.07, 6.45) is 2.17. The Morgan fingerprint density at radius 2 is 2.00 bits per heavy atom. The summed E-state index contributed by atoms with van der Waals surface area (Å²) in [4.78, 5) is 5.67. The van der Waals surface area contributed by atoms with Gasteiger partial charge in [-0.2, -0.15) is 0 Å². The molecule has 118 valence electrons. The first-order chi connectivity index (χ1) is 10.7. The number of aryl methyl sites for hydroxylation is 2. The molecule has 1 aromatic carbocycles. The van der Waals surface area contributed by atoms with E-state index in [4.69, 9.17) is 0 Å². The normalized spacial score (nSPS) is 13.0. The SMILES string of the molecule is CN=C(NCc1sccc1C)NC(C)CCc1ccccc1. The van der Waals surface area contributed by atoms with Crippen LogP contribution < -0.4 is 10.6 Å². The molecule has 0 amide bonds. The minimum atomic E-state index is 0.385. The summed E-state index contributed by atoms with van der Waals surface area (Å²) in [6.45, 7) is 5.17. The Kier molecular flexibility index (Phi) is 6.46. The van der Waals surface area contributed by atoms with E-state index >= 15 is 0 Å². The molecular weight excluding hydrogens is 290 g/mol. The number of thiophene rings is 1. The highest BCUT2D eigenvalue weighted by molar-refractivity contribution is 7.10. The van der Waals surface area contributed by atoms with Crippen molar-refractivity contribution in [3.8, 4) is 0 Å². The van der Waals surface area contributed by atoms with Crippen molar-refractivity contribution < 1.29 is 0 Å². The quantitative estimate of drug-likeness (QED) is 0.629. The molecule has 0 aliphatic rings. The lowest BCUT2D eigenvalue weighted by molar-refractivity contribution is 0.593. The molecule has 0 bridgehead atoms. The van der Waals surface area contributed by atoms with Gasteiger partial charge in [-0.05, 0) is 49.3 Å². The number of hydrogen-bond donors (Lipinski definition) is 2. The third-order valence-corrected chi connectivity index (χ3v) is 4.72. The number of benzene rings is 1. The Morgan fingerprint density at radius 1 is 1.23 bits per heavy atom. The van der Waals surface area contributed by atoms with Crippen LogP contribution in [0.4, 0.5) is 0 Å². The van der Waals surface area contributed by atoms with Crippen molar-refractivity contribution in [3.05, 3.63) is 57.8 Å². The first kappa shape index (κ1) is 16.6. The first-order valence-corrected chi connectivity index (χ1v) is 8.61. The van der Waals surface area contributed by atoms with Gasteiger partial charge < -0.3 is 10.6 Å². The molecule has 1 heterocycles. The molecule has 1 atom stereocenters. The first-order valence-electron chi connectivity index (χ1n) is 7.73. The largest absolute Gasteiger partial charge is 0.354 e. The van der Waals surface area contributed by atoms with Gasteiger partial charge in [0.15, 0.2) is 5.96 Å². The van der Waals surface area contributed by atoms with Crippen molar-refractivity contribution in [2.45, 2.75) is 39.3 Å². The van der Waals surface area contributed by atoms with E-state index in [1.165, 1.54) is 16.0 Å². The van der Waals surface area contributed by atoms with E-state index < -0.39 is 0 Å². The van der Waals surface area contributed by atoms with Crippen LogP contribution in [-0.4, -0.2) is 19.0 Å². The Labute approximate surface area is 137 Å².